The fourth-order valence-corrected chi connectivity index (χ4v) is 4.20. The zero-order chi connectivity index (χ0) is 25.3. The van der Waals surface area contributed by atoms with E-state index >= 15 is 0 Å². The van der Waals surface area contributed by atoms with E-state index in [0.29, 0.717) is 6.07 Å². The van der Waals surface area contributed by atoms with E-state index in [4.69, 9.17) is 23.2 Å². The summed E-state index contributed by atoms with van der Waals surface area (Å²) in [7, 11) is -4.27. The van der Waals surface area contributed by atoms with Crippen LogP contribution in [0.3, 0.4) is 0 Å². The van der Waals surface area contributed by atoms with Crippen LogP contribution < -0.4 is 10.0 Å². The van der Waals surface area contributed by atoms with Gasteiger partial charge in [-0.3, -0.25) is 19.6 Å². The van der Waals surface area contributed by atoms with Crippen molar-refractivity contribution in [3.63, 3.8) is 0 Å². The second-order valence-corrected chi connectivity index (χ2v) is 9.20. The number of amides is 1. The zero-order valence-corrected chi connectivity index (χ0v) is 18.9. The largest absolute Gasteiger partial charge is 0.417 e. The summed E-state index contributed by atoms with van der Waals surface area (Å²) in [5, 5.41) is 12.7. The number of halogens is 5. The molecule has 3 rings (SSSR count). The highest BCUT2D eigenvalue weighted by atomic mass is 35.5. The minimum Gasteiger partial charge on any atom is -0.322 e. The predicted molar refractivity (Wildman–Crippen MR) is 120 cm³/mol. The third-order valence-electron chi connectivity index (χ3n) is 4.35. The number of nitro benzene ring substituents is 1. The Labute approximate surface area is 200 Å². The lowest BCUT2D eigenvalue weighted by atomic mass is 10.2. The van der Waals surface area contributed by atoms with Gasteiger partial charge in [0, 0.05) is 23.0 Å². The average Bonchev–Trinajstić information content (AvgIpc) is 2.74. The topological polar surface area (TPSA) is 118 Å². The molecule has 0 aromatic heterocycles. The molecule has 0 bridgehead atoms. The second kappa shape index (κ2) is 9.49. The van der Waals surface area contributed by atoms with Crippen LogP contribution in [0.1, 0.15) is 15.9 Å². The van der Waals surface area contributed by atoms with Crippen molar-refractivity contribution in [2.45, 2.75) is 11.1 Å². The number of carbonyl (C=O) groups excluding carboxylic acids is 1. The predicted octanol–water partition coefficient (Wildman–Crippen LogP) is 5.97. The van der Waals surface area contributed by atoms with E-state index in [9.17, 15) is 36.5 Å². The van der Waals surface area contributed by atoms with Gasteiger partial charge >= 0.3 is 6.18 Å². The molecule has 8 nitrogen and oxygen atoms in total. The molecule has 0 saturated heterocycles. The van der Waals surface area contributed by atoms with Gasteiger partial charge in [-0.05, 0) is 54.6 Å². The third kappa shape index (κ3) is 5.76. The molecule has 0 aliphatic heterocycles. The molecule has 0 fully saturated rings. The van der Waals surface area contributed by atoms with Gasteiger partial charge in [-0.25, -0.2) is 8.42 Å². The molecule has 3 aromatic carbocycles. The van der Waals surface area contributed by atoms with Gasteiger partial charge < -0.3 is 5.32 Å². The normalized spacial score (nSPS) is 11.7. The monoisotopic (exact) mass is 533 g/mol. The number of alkyl halides is 3. The molecule has 34 heavy (non-hydrogen) atoms. The van der Waals surface area contributed by atoms with E-state index in [1.54, 1.807) is 0 Å². The second-order valence-electron chi connectivity index (χ2n) is 6.70. The maximum absolute atomic E-state index is 13.0. The van der Waals surface area contributed by atoms with Gasteiger partial charge in [0.25, 0.3) is 21.6 Å². The van der Waals surface area contributed by atoms with Crippen molar-refractivity contribution in [1.29, 1.82) is 0 Å². The fourth-order valence-electron chi connectivity index (χ4n) is 2.73. The Morgan fingerprint density at radius 2 is 1.50 bits per heavy atom. The van der Waals surface area contributed by atoms with Crippen LogP contribution in [0, 0.1) is 10.1 Å². The molecule has 0 aliphatic carbocycles. The Bertz CT molecular complexity index is 1380. The van der Waals surface area contributed by atoms with Crippen molar-refractivity contribution in [1.82, 2.24) is 0 Å². The molecular formula is C20H12Cl2F3N3O5S. The molecule has 0 aliphatic rings. The number of benzene rings is 3. The Kier molecular flexibility index (Phi) is 7.05. The van der Waals surface area contributed by atoms with Gasteiger partial charge in [0.15, 0.2) is 0 Å². The van der Waals surface area contributed by atoms with Crippen LogP contribution in [0.25, 0.3) is 0 Å². The van der Waals surface area contributed by atoms with Crippen molar-refractivity contribution in [2.75, 3.05) is 10.0 Å². The first kappa shape index (κ1) is 25.3. The lowest BCUT2D eigenvalue weighted by Gasteiger charge is -2.13. The fraction of sp³-hybridized carbons (Fsp3) is 0.0500. The van der Waals surface area contributed by atoms with Crippen LogP contribution in [0.15, 0.2) is 65.6 Å². The summed E-state index contributed by atoms with van der Waals surface area (Å²) < 4.78 is 66.1. The highest BCUT2D eigenvalue weighted by molar-refractivity contribution is 7.92. The molecule has 0 spiro atoms. The number of hydrogen-bond acceptors (Lipinski definition) is 5. The molecule has 0 saturated carbocycles. The SMILES string of the molecule is O=C(Nc1ccc(S(=O)(=O)Nc2ccc(Cl)c(C(F)(F)F)c2)cc1)c1ccc(Cl)c([N+](=O)[O-])c1. The first-order valence-corrected chi connectivity index (χ1v) is 11.3. The highest BCUT2D eigenvalue weighted by Gasteiger charge is 2.33. The molecule has 1 amide bonds. The number of nitro groups is 1. The standard InChI is InChI=1S/C20H12Cl2F3N3O5S/c21-16-8-4-13(10-15(16)20(23,24)25)27-34(32,33)14-5-2-12(3-6-14)26-19(29)11-1-7-17(22)18(9-11)28(30)31/h1-10,27H,(H,26,29). The molecule has 2 N–H and O–H groups in total. The Morgan fingerprint density at radius 1 is 0.912 bits per heavy atom. The van der Waals surface area contributed by atoms with Crippen LogP contribution in [-0.4, -0.2) is 19.2 Å². The van der Waals surface area contributed by atoms with Gasteiger partial charge in [-0.1, -0.05) is 23.2 Å². The maximum atomic E-state index is 13.0. The summed E-state index contributed by atoms with van der Waals surface area (Å²) in [6.45, 7) is 0. The number of carbonyl (C=O) groups is 1. The van der Waals surface area contributed by atoms with Crippen molar-refractivity contribution >= 4 is 56.2 Å². The van der Waals surface area contributed by atoms with Gasteiger partial charge in [0.1, 0.15) is 5.02 Å². The van der Waals surface area contributed by atoms with E-state index in [2.05, 4.69) is 5.32 Å². The number of nitrogens with one attached hydrogen (secondary N) is 2. The highest BCUT2D eigenvalue weighted by Crippen LogP contribution is 2.36. The Balaban J connectivity index is 1.77. The molecule has 3 aromatic rings. The van der Waals surface area contributed by atoms with Crippen molar-refractivity contribution in [2.24, 2.45) is 0 Å². The first-order valence-electron chi connectivity index (χ1n) is 9.03. The number of rotatable bonds is 6. The molecule has 0 atom stereocenters. The van der Waals surface area contributed by atoms with Gasteiger partial charge in [-0.2, -0.15) is 13.2 Å². The summed E-state index contributed by atoms with van der Waals surface area (Å²) >= 11 is 11.2. The quantitative estimate of drug-likeness (QED) is 0.298. The van der Waals surface area contributed by atoms with Crippen molar-refractivity contribution in [3.05, 3.63) is 92.0 Å². The van der Waals surface area contributed by atoms with Gasteiger partial charge in [0.2, 0.25) is 0 Å². The van der Waals surface area contributed by atoms with Gasteiger partial charge in [0.05, 0.1) is 20.4 Å². The zero-order valence-electron chi connectivity index (χ0n) is 16.6. The van der Waals surface area contributed by atoms with Crippen LogP contribution in [0.4, 0.5) is 30.2 Å². The van der Waals surface area contributed by atoms with E-state index in [0.717, 1.165) is 30.3 Å². The minimum atomic E-state index is -4.77. The summed E-state index contributed by atoms with van der Waals surface area (Å²) in [6.07, 6.45) is -4.77. The number of sulfonamides is 1. The van der Waals surface area contributed by atoms with E-state index in [1.165, 1.54) is 24.3 Å². The molecule has 14 heteroatoms. The number of anilines is 2. The van der Waals surface area contributed by atoms with E-state index in [1.807, 2.05) is 4.72 Å². The lowest BCUT2D eigenvalue weighted by Crippen LogP contribution is -2.15. The molecule has 0 unspecified atom stereocenters. The number of hydrogen-bond donors (Lipinski definition) is 2. The van der Waals surface area contributed by atoms with Crippen LogP contribution >= 0.6 is 23.2 Å². The number of nitrogens with zero attached hydrogens (tertiary/aromatic N) is 1. The minimum absolute atomic E-state index is 0.0577. The van der Waals surface area contributed by atoms with Crippen LogP contribution in [0.2, 0.25) is 10.0 Å². The van der Waals surface area contributed by atoms with E-state index < -0.39 is 43.3 Å². The van der Waals surface area contributed by atoms with Crippen LogP contribution in [0.5, 0.6) is 0 Å². The summed E-state index contributed by atoms with van der Waals surface area (Å²) in [5.41, 5.74) is -1.91. The third-order valence-corrected chi connectivity index (χ3v) is 6.40. The molecular weight excluding hydrogens is 522 g/mol. The summed E-state index contributed by atoms with van der Waals surface area (Å²) in [4.78, 5) is 22.3. The first-order chi connectivity index (χ1) is 15.8. The van der Waals surface area contributed by atoms with Crippen molar-refractivity contribution in [3.8, 4) is 0 Å². The Morgan fingerprint density at radius 3 is 2.09 bits per heavy atom. The van der Waals surface area contributed by atoms with Crippen LogP contribution in [-0.2, 0) is 16.2 Å². The smallest absolute Gasteiger partial charge is 0.322 e. The summed E-state index contributed by atoms with van der Waals surface area (Å²) in [5.74, 6) is -0.714. The molecule has 178 valence electrons. The Hall–Kier alpha value is -3.35. The molecule has 0 heterocycles. The lowest BCUT2D eigenvalue weighted by molar-refractivity contribution is -0.384. The van der Waals surface area contributed by atoms with E-state index in [-0.39, 0.29) is 26.9 Å². The maximum Gasteiger partial charge on any atom is 0.417 e. The summed E-state index contributed by atoms with van der Waals surface area (Å²) in [6, 6.07) is 10.7. The van der Waals surface area contributed by atoms with Crippen molar-refractivity contribution < 1.29 is 31.3 Å². The average molecular weight is 534 g/mol. The van der Waals surface area contributed by atoms with Gasteiger partial charge in [-0.15, -0.1) is 0 Å². The molecule has 0 radical (unpaired) electrons.